The predicted octanol–water partition coefficient (Wildman–Crippen LogP) is 1.20. The van der Waals surface area contributed by atoms with Gasteiger partial charge in [-0.05, 0) is 19.3 Å². The first kappa shape index (κ1) is 13.5. The Bertz CT molecular complexity index is 337. The van der Waals surface area contributed by atoms with E-state index in [0.717, 1.165) is 0 Å². The highest BCUT2D eigenvalue weighted by Crippen LogP contribution is 2.45. The number of hydrogen-bond donors (Lipinski definition) is 3. The van der Waals surface area contributed by atoms with Crippen LogP contribution >= 0.6 is 0 Å². The van der Waals surface area contributed by atoms with Crippen molar-refractivity contribution < 1.29 is 29.7 Å². The Morgan fingerprint density at radius 3 is 2.24 bits per heavy atom. The van der Waals surface area contributed by atoms with E-state index < -0.39 is 29.2 Å². The van der Waals surface area contributed by atoms with Crippen LogP contribution in [0.4, 0.5) is 0 Å². The van der Waals surface area contributed by atoms with Gasteiger partial charge in [-0.1, -0.05) is 12.8 Å². The Morgan fingerprint density at radius 2 is 1.76 bits per heavy atom. The molecule has 0 spiro atoms. The van der Waals surface area contributed by atoms with Gasteiger partial charge in [0.05, 0.1) is 11.3 Å². The lowest BCUT2D eigenvalue weighted by Gasteiger charge is -2.38. The molecule has 96 valence electrons. The standard InChI is InChI=1S/C11H16O6/c12-8(13)4-6-11(10(16)17)5-2-1-3-7(11)9(14)15/h7H,1-6H2,(H,12,13)(H,14,15)(H,16,17). The van der Waals surface area contributed by atoms with Crippen LogP contribution in [0.15, 0.2) is 0 Å². The Morgan fingerprint density at radius 1 is 1.12 bits per heavy atom. The first-order valence-corrected chi connectivity index (χ1v) is 5.58. The van der Waals surface area contributed by atoms with Crippen molar-refractivity contribution in [2.24, 2.45) is 11.3 Å². The van der Waals surface area contributed by atoms with Gasteiger partial charge in [0.2, 0.25) is 0 Å². The maximum absolute atomic E-state index is 11.3. The largest absolute Gasteiger partial charge is 0.481 e. The maximum Gasteiger partial charge on any atom is 0.310 e. The van der Waals surface area contributed by atoms with Crippen molar-refractivity contribution >= 4 is 17.9 Å². The van der Waals surface area contributed by atoms with Crippen LogP contribution in [0.2, 0.25) is 0 Å². The molecule has 0 amide bonds. The van der Waals surface area contributed by atoms with Gasteiger partial charge in [0.15, 0.2) is 0 Å². The SMILES string of the molecule is O=C(O)CCC1(C(=O)O)CCCCC1C(=O)O. The summed E-state index contributed by atoms with van der Waals surface area (Å²) >= 11 is 0. The van der Waals surface area contributed by atoms with Crippen LogP contribution in [0.5, 0.6) is 0 Å². The third kappa shape index (κ3) is 2.75. The Kier molecular flexibility index (Phi) is 4.09. The normalized spacial score (nSPS) is 28.6. The topological polar surface area (TPSA) is 112 Å². The second-order valence-corrected chi connectivity index (χ2v) is 4.49. The lowest BCUT2D eigenvalue weighted by molar-refractivity contribution is -0.167. The van der Waals surface area contributed by atoms with Gasteiger partial charge in [-0.2, -0.15) is 0 Å². The quantitative estimate of drug-likeness (QED) is 0.669. The van der Waals surface area contributed by atoms with Crippen LogP contribution in [-0.4, -0.2) is 33.2 Å². The highest BCUT2D eigenvalue weighted by atomic mass is 16.4. The smallest absolute Gasteiger partial charge is 0.310 e. The van der Waals surface area contributed by atoms with E-state index in [1.165, 1.54) is 0 Å². The zero-order valence-corrected chi connectivity index (χ0v) is 9.39. The van der Waals surface area contributed by atoms with Crippen LogP contribution in [0.25, 0.3) is 0 Å². The third-order valence-electron chi connectivity index (χ3n) is 3.54. The molecule has 17 heavy (non-hydrogen) atoms. The molecule has 0 aromatic carbocycles. The fourth-order valence-electron chi connectivity index (χ4n) is 2.59. The lowest BCUT2D eigenvalue weighted by Crippen LogP contribution is -2.45. The van der Waals surface area contributed by atoms with Gasteiger partial charge in [-0.3, -0.25) is 14.4 Å². The molecular weight excluding hydrogens is 228 g/mol. The Balaban J connectivity index is 2.96. The van der Waals surface area contributed by atoms with E-state index in [2.05, 4.69) is 0 Å². The molecule has 1 aliphatic rings. The zero-order valence-electron chi connectivity index (χ0n) is 9.39. The minimum atomic E-state index is -1.41. The summed E-state index contributed by atoms with van der Waals surface area (Å²) in [5.41, 5.74) is -1.41. The minimum Gasteiger partial charge on any atom is -0.481 e. The van der Waals surface area contributed by atoms with E-state index in [-0.39, 0.29) is 19.3 Å². The Labute approximate surface area is 98.3 Å². The number of carboxylic acids is 3. The minimum absolute atomic E-state index is 0.116. The van der Waals surface area contributed by atoms with Crippen LogP contribution in [-0.2, 0) is 14.4 Å². The summed E-state index contributed by atoms with van der Waals surface area (Å²) in [6.45, 7) is 0. The molecule has 0 heterocycles. The van der Waals surface area contributed by atoms with Crippen molar-refractivity contribution in [1.29, 1.82) is 0 Å². The van der Waals surface area contributed by atoms with Gasteiger partial charge in [0, 0.05) is 6.42 Å². The second kappa shape index (κ2) is 5.16. The summed E-state index contributed by atoms with van der Waals surface area (Å²) in [5.74, 6) is -4.41. The van der Waals surface area contributed by atoms with Crippen molar-refractivity contribution in [3.05, 3.63) is 0 Å². The monoisotopic (exact) mass is 244 g/mol. The summed E-state index contributed by atoms with van der Waals surface area (Å²) in [7, 11) is 0. The average Bonchev–Trinajstić information content (AvgIpc) is 2.26. The molecule has 2 atom stereocenters. The first-order valence-electron chi connectivity index (χ1n) is 5.58. The molecule has 0 bridgehead atoms. The van der Waals surface area contributed by atoms with E-state index in [0.29, 0.717) is 19.3 Å². The molecule has 6 nitrogen and oxygen atoms in total. The maximum atomic E-state index is 11.3. The van der Waals surface area contributed by atoms with Crippen LogP contribution in [0, 0.1) is 11.3 Å². The highest BCUT2D eigenvalue weighted by molar-refractivity contribution is 5.84. The van der Waals surface area contributed by atoms with Crippen molar-refractivity contribution in [2.75, 3.05) is 0 Å². The van der Waals surface area contributed by atoms with Gasteiger partial charge < -0.3 is 15.3 Å². The molecule has 0 aromatic heterocycles. The summed E-state index contributed by atoms with van der Waals surface area (Å²) in [5, 5.41) is 27.0. The second-order valence-electron chi connectivity index (χ2n) is 4.49. The van der Waals surface area contributed by atoms with Crippen molar-refractivity contribution in [1.82, 2.24) is 0 Å². The molecule has 0 aliphatic heterocycles. The molecule has 1 aliphatic carbocycles. The predicted molar refractivity (Wildman–Crippen MR) is 56.5 cm³/mol. The van der Waals surface area contributed by atoms with Crippen LogP contribution < -0.4 is 0 Å². The van der Waals surface area contributed by atoms with Gasteiger partial charge in [0.25, 0.3) is 0 Å². The fourth-order valence-corrected chi connectivity index (χ4v) is 2.59. The van der Waals surface area contributed by atoms with Crippen LogP contribution in [0.3, 0.4) is 0 Å². The molecule has 6 heteroatoms. The average molecular weight is 244 g/mol. The van der Waals surface area contributed by atoms with E-state index in [1.807, 2.05) is 0 Å². The highest BCUT2D eigenvalue weighted by Gasteiger charge is 2.50. The molecule has 3 N–H and O–H groups in total. The summed E-state index contributed by atoms with van der Waals surface area (Å²) in [6.07, 6.45) is 1.44. The number of carboxylic acid groups (broad SMARTS) is 3. The van der Waals surface area contributed by atoms with E-state index in [9.17, 15) is 19.5 Å². The fraction of sp³-hybridized carbons (Fsp3) is 0.727. The molecule has 0 radical (unpaired) electrons. The van der Waals surface area contributed by atoms with E-state index in [1.54, 1.807) is 0 Å². The molecule has 0 aromatic rings. The first-order chi connectivity index (χ1) is 7.90. The number of rotatable bonds is 5. The van der Waals surface area contributed by atoms with Crippen molar-refractivity contribution in [2.45, 2.75) is 38.5 Å². The molecule has 2 unspecified atom stereocenters. The summed E-state index contributed by atoms with van der Waals surface area (Å²) in [6, 6.07) is 0. The summed E-state index contributed by atoms with van der Waals surface area (Å²) < 4.78 is 0. The molecule has 0 saturated heterocycles. The van der Waals surface area contributed by atoms with Gasteiger partial charge in [-0.25, -0.2) is 0 Å². The Hall–Kier alpha value is -1.59. The van der Waals surface area contributed by atoms with Crippen molar-refractivity contribution in [3.8, 4) is 0 Å². The third-order valence-corrected chi connectivity index (χ3v) is 3.54. The van der Waals surface area contributed by atoms with Gasteiger partial charge in [-0.15, -0.1) is 0 Å². The van der Waals surface area contributed by atoms with Crippen molar-refractivity contribution in [3.63, 3.8) is 0 Å². The molecular formula is C11H16O6. The molecule has 1 saturated carbocycles. The number of carbonyl (C=O) groups is 3. The number of hydrogen-bond acceptors (Lipinski definition) is 3. The molecule has 1 fully saturated rings. The van der Waals surface area contributed by atoms with E-state index >= 15 is 0 Å². The van der Waals surface area contributed by atoms with Gasteiger partial charge in [0.1, 0.15) is 0 Å². The summed E-state index contributed by atoms with van der Waals surface area (Å²) in [4.78, 5) is 33.0. The molecule has 1 rings (SSSR count). The van der Waals surface area contributed by atoms with Crippen LogP contribution in [0.1, 0.15) is 38.5 Å². The van der Waals surface area contributed by atoms with Gasteiger partial charge >= 0.3 is 17.9 Å². The number of aliphatic carboxylic acids is 3. The zero-order chi connectivity index (χ0) is 13.1. The van der Waals surface area contributed by atoms with E-state index in [4.69, 9.17) is 10.2 Å². The lowest BCUT2D eigenvalue weighted by atomic mass is 9.64.